The standard InChI is InChI=1S/C17H31N3O5/c1-12(17(3,4)5)8-9-18-13(2)25-14(10-19-15(21)23-6)11-20-16(22)24-7/h14,18H,1-2,8-11H2,3-7H3,(H,19,21)(H,20,22). The van der Waals surface area contributed by atoms with E-state index in [0.29, 0.717) is 12.4 Å². The van der Waals surface area contributed by atoms with Gasteiger partial charge < -0.3 is 30.2 Å². The molecule has 144 valence electrons. The molecule has 0 rings (SSSR count). The fourth-order valence-electron chi connectivity index (χ4n) is 1.66. The highest BCUT2D eigenvalue weighted by Gasteiger charge is 2.16. The maximum absolute atomic E-state index is 11.2. The number of rotatable bonds is 10. The SMILES string of the molecule is C=C(NCCC(=C)C(C)(C)C)OC(CNC(=O)OC)CNC(=O)OC. The van der Waals surface area contributed by atoms with Crippen molar-refractivity contribution in [1.82, 2.24) is 16.0 Å². The fourth-order valence-corrected chi connectivity index (χ4v) is 1.66. The molecule has 0 spiro atoms. The van der Waals surface area contributed by atoms with E-state index in [2.05, 4.69) is 59.4 Å². The highest BCUT2D eigenvalue weighted by atomic mass is 16.5. The molecule has 0 aromatic heterocycles. The van der Waals surface area contributed by atoms with Crippen molar-refractivity contribution in [3.63, 3.8) is 0 Å². The van der Waals surface area contributed by atoms with E-state index in [1.807, 2.05) is 0 Å². The third-order valence-electron chi connectivity index (χ3n) is 3.44. The summed E-state index contributed by atoms with van der Waals surface area (Å²) in [5, 5.41) is 8.08. The van der Waals surface area contributed by atoms with Crippen molar-refractivity contribution >= 4 is 12.2 Å². The zero-order valence-electron chi connectivity index (χ0n) is 15.9. The van der Waals surface area contributed by atoms with E-state index in [9.17, 15) is 9.59 Å². The second kappa shape index (κ2) is 11.2. The Hall–Kier alpha value is -2.38. The molecule has 0 aromatic carbocycles. The number of hydrogen-bond acceptors (Lipinski definition) is 6. The largest absolute Gasteiger partial charge is 0.473 e. The van der Waals surface area contributed by atoms with Crippen molar-refractivity contribution in [2.24, 2.45) is 5.41 Å². The van der Waals surface area contributed by atoms with E-state index in [0.717, 1.165) is 12.0 Å². The third-order valence-corrected chi connectivity index (χ3v) is 3.44. The molecule has 0 radical (unpaired) electrons. The van der Waals surface area contributed by atoms with Gasteiger partial charge in [-0.15, -0.1) is 0 Å². The number of hydrogen-bond donors (Lipinski definition) is 3. The van der Waals surface area contributed by atoms with Crippen molar-refractivity contribution in [2.45, 2.75) is 33.3 Å². The summed E-state index contributed by atoms with van der Waals surface area (Å²) in [6.45, 7) is 15.1. The van der Waals surface area contributed by atoms with Crippen LogP contribution >= 0.6 is 0 Å². The molecule has 8 heteroatoms. The second-order valence-electron chi connectivity index (χ2n) is 6.44. The van der Waals surface area contributed by atoms with E-state index in [4.69, 9.17) is 4.74 Å². The molecule has 0 aliphatic heterocycles. The zero-order chi connectivity index (χ0) is 19.5. The van der Waals surface area contributed by atoms with Crippen LogP contribution in [0.4, 0.5) is 9.59 Å². The summed E-state index contributed by atoms with van der Waals surface area (Å²) in [5.74, 6) is 0.338. The Bertz CT molecular complexity index is 451. The van der Waals surface area contributed by atoms with Crippen molar-refractivity contribution < 1.29 is 23.8 Å². The molecule has 0 unspecified atom stereocenters. The zero-order valence-corrected chi connectivity index (χ0v) is 15.9. The van der Waals surface area contributed by atoms with Crippen LogP contribution in [0.15, 0.2) is 24.6 Å². The monoisotopic (exact) mass is 357 g/mol. The molecule has 0 aliphatic carbocycles. The Morgan fingerprint density at radius 3 is 1.84 bits per heavy atom. The van der Waals surface area contributed by atoms with Gasteiger partial charge in [-0.2, -0.15) is 0 Å². The summed E-state index contributed by atoms with van der Waals surface area (Å²) < 4.78 is 14.7. The molecule has 0 fully saturated rings. The van der Waals surface area contributed by atoms with Crippen molar-refractivity contribution in [3.8, 4) is 0 Å². The summed E-state index contributed by atoms with van der Waals surface area (Å²) in [4.78, 5) is 22.4. The Balaban J connectivity index is 4.40. The summed E-state index contributed by atoms with van der Waals surface area (Å²) in [6, 6.07) is 0. The highest BCUT2D eigenvalue weighted by molar-refractivity contribution is 5.67. The van der Waals surface area contributed by atoms with Crippen LogP contribution in [-0.4, -0.2) is 52.1 Å². The fraction of sp³-hybridized carbons (Fsp3) is 0.647. The highest BCUT2D eigenvalue weighted by Crippen LogP contribution is 2.25. The van der Waals surface area contributed by atoms with Gasteiger partial charge in [0.05, 0.1) is 27.3 Å². The summed E-state index contributed by atoms with van der Waals surface area (Å²) in [5.41, 5.74) is 1.16. The number of amides is 2. The minimum Gasteiger partial charge on any atom is -0.473 e. The third kappa shape index (κ3) is 10.9. The molecule has 0 heterocycles. The first-order valence-electron chi connectivity index (χ1n) is 8.01. The molecular weight excluding hydrogens is 326 g/mol. The number of carbonyl (C=O) groups is 2. The van der Waals surface area contributed by atoms with Gasteiger partial charge >= 0.3 is 12.2 Å². The number of ether oxygens (including phenoxy) is 3. The quantitative estimate of drug-likeness (QED) is 0.409. The smallest absolute Gasteiger partial charge is 0.406 e. The van der Waals surface area contributed by atoms with Crippen LogP contribution in [0.5, 0.6) is 0 Å². The topological polar surface area (TPSA) is 97.9 Å². The number of methoxy groups -OCH3 is 2. The molecule has 0 atom stereocenters. The molecule has 3 N–H and O–H groups in total. The number of alkyl carbamates (subject to hydrolysis) is 2. The summed E-state index contributed by atoms with van der Waals surface area (Å²) >= 11 is 0. The lowest BCUT2D eigenvalue weighted by molar-refractivity contribution is 0.0936. The molecule has 0 aromatic rings. The summed E-state index contributed by atoms with van der Waals surface area (Å²) in [6.07, 6.45) is -0.945. The number of nitrogens with one attached hydrogen (secondary N) is 3. The maximum atomic E-state index is 11.2. The van der Waals surface area contributed by atoms with E-state index in [1.54, 1.807) is 0 Å². The van der Waals surface area contributed by atoms with Gasteiger partial charge in [-0.3, -0.25) is 0 Å². The van der Waals surface area contributed by atoms with Gasteiger partial charge in [-0.1, -0.05) is 32.9 Å². The van der Waals surface area contributed by atoms with Crippen molar-refractivity contribution in [2.75, 3.05) is 33.9 Å². The normalized spacial score (nSPS) is 10.6. The van der Waals surface area contributed by atoms with Crippen LogP contribution in [0.1, 0.15) is 27.2 Å². The van der Waals surface area contributed by atoms with E-state index < -0.39 is 18.3 Å². The second-order valence-corrected chi connectivity index (χ2v) is 6.44. The molecule has 0 bridgehead atoms. The van der Waals surface area contributed by atoms with Gasteiger partial charge in [0.1, 0.15) is 6.10 Å². The van der Waals surface area contributed by atoms with Gasteiger partial charge in [0.2, 0.25) is 0 Å². The van der Waals surface area contributed by atoms with Crippen LogP contribution in [0.2, 0.25) is 0 Å². The van der Waals surface area contributed by atoms with Crippen LogP contribution in [0.25, 0.3) is 0 Å². The lowest BCUT2D eigenvalue weighted by Gasteiger charge is -2.24. The van der Waals surface area contributed by atoms with E-state index >= 15 is 0 Å². The van der Waals surface area contributed by atoms with Gasteiger partial charge in [0.25, 0.3) is 0 Å². The minimum atomic E-state index is -0.591. The van der Waals surface area contributed by atoms with Crippen LogP contribution < -0.4 is 16.0 Å². The Morgan fingerprint density at radius 2 is 1.44 bits per heavy atom. The Labute approximate surface area is 150 Å². The van der Waals surface area contributed by atoms with Crippen LogP contribution in [-0.2, 0) is 14.2 Å². The number of carbonyl (C=O) groups excluding carboxylic acids is 2. The molecule has 0 saturated heterocycles. The Kier molecular flexibility index (Phi) is 10.2. The predicted octanol–water partition coefficient (Wildman–Crippen LogP) is 2.14. The van der Waals surface area contributed by atoms with E-state index in [1.165, 1.54) is 14.2 Å². The minimum absolute atomic E-state index is 0.0429. The van der Waals surface area contributed by atoms with Crippen molar-refractivity contribution in [3.05, 3.63) is 24.6 Å². The average molecular weight is 357 g/mol. The first-order chi connectivity index (χ1) is 11.6. The summed E-state index contributed by atoms with van der Waals surface area (Å²) in [7, 11) is 2.53. The van der Waals surface area contributed by atoms with Gasteiger partial charge in [-0.25, -0.2) is 9.59 Å². The molecule has 25 heavy (non-hydrogen) atoms. The molecule has 0 aliphatic rings. The molecular formula is C17H31N3O5. The predicted molar refractivity (Wildman–Crippen MR) is 96.0 cm³/mol. The van der Waals surface area contributed by atoms with Gasteiger partial charge in [-0.05, 0) is 18.4 Å². The van der Waals surface area contributed by atoms with Gasteiger partial charge in [0.15, 0.2) is 5.88 Å². The average Bonchev–Trinajstić information content (AvgIpc) is 2.55. The maximum Gasteiger partial charge on any atom is 0.406 e. The Morgan fingerprint density at radius 1 is 0.960 bits per heavy atom. The first-order valence-corrected chi connectivity index (χ1v) is 8.01. The molecule has 0 saturated carbocycles. The lowest BCUT2D eigenvalue weighted by Crippen LogP contribution is -2.42. The van der Waals surface area contributed by atoms with Gasteiger partial charge in [0, 0.05) is 6.54 Å². The lowest BCUT2D eigenvalue weighted by atomic mass is 9.86. The van der Waals surface area contributed by atoms with Crippen LogP contribution in [0, 0.1) is 5.41 Å². The van der Waals surface area contributed by atoms with Crippen molar-refractivity contribution in [1.29, 1.82) is 0 Å². The first kappa shape index (κ1) is 22.6. The molecule has 2 amide bonds. The van der Waals surface area contributed by atoms with Crippen LogP contribution in [0.3, 0.4) is 0 Å². The molecule has 8 nitrogen and oxygen atoms in total. The van der Waals surface area contributed by atoms with E-state index in [-0.39, 0.29) is 18.5 Å².